The molecule has 1 saturated heterocycles. The fraction of sp³-hybridized carbons (Fsp3) is 0.353. The van der Waals surface area contributed by atoms with Gasteiger partial charge in [0.25, 0.3) is 5.91 Å². The molecule has 4 nitrogen and oxygen atoms in total. The number of nitrogens with one attached hydrogen (secondary N) is 2. The molecule has 2 unspecified atom stereocenters. The molecule has 2 N–H and O–H groups in total. The predicted octanol–water partition coefficient (Wildman–Crippen LogP) is 2.01. The first-order chi connectivity index (χ1) is 10.2. The van der Waals surface area contributed by atoms with Gasteiger partial charge < -0.3 is 15.4 Å². The van der Waals surface area contributed by atoms with Crippen LogP contribution in [0.2, 0.25) is 0 Å². The topological polar surface area (TPSA) is 50.4 Å². The summed E-state index contributed by atoms with van der Waals surface area (Å²) in [5.41, 5.74) is 1.10. The summed E-state index contributed by atoms with van der Waals surface area (Å²) in [5.74, 6) is -0.0529. The number of carbonyl (C=O) groups is 1. The zero-order chi connectivity index (χ0) is 14.7. The summed E-state index contributed by atoms with van der Waals surface area (Å²) in [6.45, 7) is 3.97. The first kappa shape index (κ1) is 14.0. The van der Waals surface area contributed by atoms with Crippen molar-refractivity contribution in [3.8, 4) is 0 Å². The third-order valence-corrected chi connectivity index (χ3v) is 3.85. The highest BCUT2D eigenvalue weighted by atomic mass is 16.5. The molecule has 3 rings (SSSR count). The van der Waals surface area contributed by atoms with Crippen molar-refractivity contribution in [2.75, 3.05) is 19.7 Å². The average Bonchev–Trinajstić information content (AvgIpc) is 2.55. The van der Waals surface area contributed by atoms with E-state index >= 15 is 0 Å². The Morgan fingerprint density at radius 1 is 1.29 bits per heavy atom. The van der Waals surface area contributed by atoms with E-state index in [0.717, 1.165) is 12.1 Å². The van der Waals surface area contributed by atoms with Gasteiger partial charge in [-0.3, -0.25) is 4.79 Å². The van der Waals surface area contributed by atoms with Crippen LogP contribution in [0.3, 0.4) is 0 Å². The molecule has 4 heteroatoms. The van der Waals surface area contributed by atoms with E-state index in [-0.39, 0.29) is 18.1 Å². The van der Waals surface area contributed by atoms with E-state index in [1.807, 2.05) is 19.1 Å². The molecular weight excluding hydrogens is 264 g/mol. The normalized spacial score (nSPS) is 20.1. The van der Waals surface area contributed by atoms with Crippen molar-refractivity contribution < 1.29 is 9.53 Å². The smallest absolute Gasteiger partial charge is 0.250 e. The van der Waals surface area contributed by atoms with Crippen LogP contribution >= 0.6 is 0 Å². The van der Waals surface area contributed by atoms with E-state index in [4.69, 9.17) is 4.74 Å². The molecule has 2 aromatic carbocycles. The number of morpholine rings is 1. The molecule has 0 spiro atoms. The lowest BCUT2D eigenvalue weighted by molar-refractivity contribution is -0.134. The number of benzene rings is 2. The maximum absolute atomic E-state index is 12.2. The minimum absolute atomic E-state index is 0.0346. The zero-order valence-corrected chi connectivity index (χ0v) is 12.1. The second-order valence-electron chi connectivity index (χ2n) is 5.40. The minimum Gasteiger partial charge on any atom is -0.366 e. The SMILES string of the molecule is CC(NC(=O)C1CNCCO1)c1ccc2ccccc2c1. The van der Waals surface area contributed by atoms with Crippen molar-refractivity contribution in [3.05, 3.63) is 48.0 Å². The van der Waals surface area contributed by atoms with Crippen LogP contribution in [0.5, 0.6) is 0 Å². The van der Waals surface area contributed by atoms with Crippen LogP contribution in [0.25, 0.3) is 10.8 Å². The van der Waals surface area contributed by atoms with Gasteiger partial charge in [-0.25, -0.2) is 0 Å². The van der Waals surface area contributed by atoms with Crippen LogP contribution in [-0.2, 0) is 9.53 Å². The molecule has 1 amide bonds. The lowest BCUT2D eigenvalue weighted by Gasteiger charge is -2.24. The predicted molar refractivity (Wildman–Crippen MR) is 83.1 cm³/mol. The monoisotopic (exact) mass is 284 g/mol. The fourth-order valence-corrected chi connectivity index (χ4v) is 2.60. The molecule has 0 aromatic heterocycles. The number of rotatable bonds is 3. The number of ether oxygens (including phenoxy) is 1. The second kappa shape index (κ2) is 6.24. The van der Waals surface area contributed by atoms with Crippen molar-refractivity contribution in [1.82, 2.24) is 10.6 Å². The van der Waals surface area contributed by atoms with Gasteiger partial charge >= 0.3 is 0 Å². The maximum Gasteiger partial charge on any atom is 0.250 e. The molecule has 2 aromatic rings. The molecule has 110 valence electrons. The maximum atomic E-state index is 12.2. The lowest BCUT2D eigenvalue weighted by Crippen LogP contribution is -2.48. The number of carbonyl (C=O) groups excluding carboxylic acids is 1. The Morgan fingerprint density at radius 3 is 2.86 bits per heavy atom. The summed E-state index contributed by atoms with van der Waals surface area (Å²) in [7, 11) is 0. The van der Waals surface area contributed by atoms with Crippen LogP contribution in [0, 0.1) is 0 Å². The Bertz CT molecular complexity index is 635. The zero-order valence-electron chi connectivity index (χ0n) is 12.1. The van der Waals surface area contributed by atoms with Gasteiger partial charge in [0.15, 0.2) is 0 Å². The van der Waals surface area contributed by atoms with Crippen molar-refractivity contribution in [1.29, 1.82) is 0 Å². The Balaban J connectivity index is 1.71. The van der Waals surface area contributed by atoms with Crippen molar-refractivity contribution >= 4 is 16.7 Å². The van der Waals surface area contributed by atoms with E-state index in [0.29, 0.717) is 13.2 Å². The van der Waals surface area contributed by atoms with Crippen LogP contribution in [0.1, 0.15) is 18.5 Å². The van der Waals surface area contributed by atoms with Crippen molar-refractivity contribution in [2.45, 2.75) is 19.1 Å². The lowest BCUT2D eigenvalue weighted by atomic mass is 10.0. The number of fused-ring (bicyclic) bond motifs is 1. The summed E-state index contributed by atoms with van der Waals surface area (Å²) in [5, 5.41) is 8.59. The highest BCUT2D eigenvalue weighted by Gasteiger charge is 2.23. The van der Waals surface area contributed by atoms with Gasteiger partial charge in [-0.05, 0) is 29.3 Å². The number of hydrogen-bond donors (Lipinski definition) is 2. The van der Waals surface area contributed by atoms with E-state index in [1.165, 1.54) is 10.8 Å². The van der Waals surface area contributed by atoms with Crippen LogP contribution in [-0.4, -0.2) is 31.7 Å². The van der Waals surface area contributed by atoms with Crippen LogP contribution < -0.4 is 10.6 Å². The third-order valence-electron chi connectivity index (χ3n) is 3.85. The standard InChI is InChI=1S/C17H20N2O2/c1-12(19-17(20)16-11-18-8-9-21-16)14-7-6-13-4-2-3-5-15(13)10-14/h2-7,10,12,16,18H,8-9,11H2,1H3,(H,19,20). The summed E-state index contributed by atoms with van der Waals surface area (Å²) >= 11 is 0. The average molecular weight is 284 g/mol. The molecule has 0 bridgehead atoms. The third kappa shape index (κ3) is 3.23. The molecule has 0 aliphatic carbocycles. The summed E-state index contributed by atoms with van der Waals surface area (Å²) < 4.78 is 5.47. The Labute approximate surface area is 124 Å². The van der Waals surface area contributed by atoms with Gasteiger partial charge in [-0.15, -0.1) is 0 Å². The highest BCUT2D eigenvalue weighted by Crippen LogP contribution is 2.20. The molecule has 1 fully saturated rings. The molecule has 1 heterocycles. The van der Waals surface area contributed by atoms with Crippen LogP contribution in [0.15, 0.2) is 42.5 Å². The molecule has 1 aliphatic heterocycles. The van der Waals surface area contributed by atoms with Gasteiger partial charge in [-0.1, -0.05) is 36.4 Å². The Morgan fingerprint density at radius 2 is 2.10 bits per heavy atom. The Hall–Kier alpha value is -1.91. The minimum atomic E-state index is -0.387. The summed E-state index contributed by atoms with van der Waals surface area (Å²) in [6, 6.07) is 14.5. The molecule has 0 radical (unpaired) electrons. The van der Waals surface area contributed by atoms with Gasteiger partial charge in [0.1, 0.15) is 6.10 Å². The highest BCUT2D eigenvalue weighted by molar-refractivity contribution is 5.84. The summed E-state index contributed by atoms with van der Waals surface area (Å²) in [4.78, 5) is 12.2. The van der Waals surface area contributed by atoms with E-state index in [2.05, 4.69) is 41.0 Å². The molecule has 21 heavy (non-hydrogen) atoms. The fourth-order valence-electron chi connectivity index (χ4n) is 2.60. The van der Waals surface area contributed by atoms with E-state index in [9.17, 15) is 4.79 Å². The largest absolute Gasteiger partial charge is 0.366 e. The number of amides is 1. The molecule has 2 atom stereocenters. The van der Waals surface area contributed by atoms with Gasteiger partial charge in [0.05, 0.1) is 12.6 Å². The van der Waals surface area contributed by atoms with Crippen LogP contribution in [0.4, 0.5) is 0 Å². The van der Waals surface area contributed by atoms with E-state index < -0.39 is 0 Å². The summed E-state index contributed by atoms with van der Waals surface area (Å²) in [6.07, 6.45) is -0.387. The second-order valence-corrected chi connectivity index (χ2v) is 5.40. The molecule has 1 aliphatic rings. The Kier molecular flexibility index (Phi) is 4.18. The van der Waals surface area contributed by atoms with Gasteiger partial charge in [0.2, 0.25) is 0 Å². The quantitative estimate of drug-likeness (QED) is 0.906. The van der Waals surface area contributed by atoms with E-state index in [1.54, 1.807) is 0 Å². The molecule has 0 saturated carbocycles. The van der Waals surface area contributed by atoms with Crippen molar-refractivity contribution in [2.24, 2.45) is 0 Å². The number of hydrogen-bond acceptors (Lipinski definition) is 3. The van der Waals surface area contributed by atoms with Gasteiger partial charge in [0, 0.05) is 13.1 Å². The first-order valence-corrected chi connectivity index (χ1v) is 7.35. The first-order valence-electron chi connectivity index (χ1n) is 7.35. The molecular formula is C17H20N2O2. The van der Waals surface area contributed by atoms with Gasteiger partial charge in [-0.2, -0.15) is 0 Å². The van der Waals surface area contributed by atoms with Crippen molar-refractivity contribution in [3.63, 3.8) is 0 Å².